The largest absolute Gasteiger partial charge is 0.208 e. The molecule has 49 heavy (non-hydrogen) atoms. The van der Waals surface area contributed by atoms with Gasteiger partial charge in [-0.25, -0.2) is 29.9 Å². The number of benzene rings is 6. The van der Waals surface area contributed by atoms with Crippen LogP contribution in [0, 0.1) is 0 Å². The average molecular weight is 647 g/mol. The molecule has 3 aromatic heterocycles. The van der Waals surface area contributed by atoms with Gasteiger partial charge in [0, 0.05) is 53.6 Å². The number of aromatic nitrogens is 6. The van der Waals surface area contributed by atoms with E-state index in [1.54, 1.807) is 11.3 Å². The lowest BCUT2D eigenvalue weighted by atomic mass is 10.1. The van der Waals surface area contributed by atoms with Crippen molar-refractivity contribution < 1.29 is 0 Å². The summed E-state index contributed by atoms with van der Waals surface area (Å²) in [6.07, 6.45) is 0. The van der Waals surface area contributed by atoms with Gasteiger partial charge in [-0.15, -0.1) is 11.3 Å². The molecule has 0 saturated heterocycles. The van der Waals surface area contributed by atoms with Crippen LogP contribution < -0.4 is 0 Å². The van der Waals surface area contributed by atoms with Crippen molar-refractivity contribution in [2.45, 2.75) is 0 Å². The quantitative estimate of drug-likeness (QED) is 0.179. The van der Waals surface area contributed by atoms with E-state index >= 15 is 0 Å². The van der Waals surface area contributed by atoms with Crippen LogP contribution in [0.1, 0.15) is 0 Å². The summed E-state index contributed by atoms with van der Waals surface area (Å²) in [5.41, 5.74) is 5.42. The molecule has 3 heterocycles. The first-order valence-electron chi connectivity index (χ1n) is 16.0. The summed E-state index contributed by atoms with van der Waals surface area (Å²) < 4.78 is 2.39. The van der Waals surface area contributed by atoms with E-state index in [4.69, 9.17) is 29.9 Å². The van der Waals surface area contributed by atoms with Crippen molar-refractivity contribution in [3.8, 4) is 68.3 Å². The fraction of sp³-hybridized carbons (Fsp3) is 0. The van der Waals surface area contributed by atoms with E-state index in [1.807, 2.05) is 115 Å². The second-order valence-electron chi connectivity index (χ2n) is 11.6. The van der Waals surface area contributed by atoms with Gasteiger partial charge in [0.1, 0.15) is 0 Å². The molecule has 9 aromatic rings. The number of rotatable bonds is 6. The molecule has 0 radical (unpaired) electrons. The third-order valence-corrected chi connectivity index (χ3v) is 9.61. The van der Waals surface area contributed by atoms with Gasteiger partial charge in [-0.05, 0) is 18.2 Å². The Labute approximate surface area is 286 Å². The van der Waals surface area contributed by atoms with E-state index in [0.29, 0.717) is 34.9 Å². The fourth-order valence-electron chi connectivity index (χ4n) is 6.00. The summed E-state index contributed by atoms with van der Waals surface area (Å²) in [4.78, 5) is 29.9. The highest BCUT2D eigenvalue weighted by atomic mass is 32.1. The molecule has 0 atom stereocenters. The lowest BCUT2D eigenvalue weighted by Crippen LogP contribution is -2.01. The Hall–Kier alpha value is -6.44. The minimum atomic E-state index is 0.571. The number of thiophene rings is 1. The van der Waals surface area contributed by atoms with E-state index in [0.717, 1.165) is 38.1 Å². The van der Waals surface area contributed by atoms with Crippen molar-refractivity contribution in [2.24, 2.45) is 0 Å². The maximum Gasteiger partial charge on any atom is 0.165 e. The summed E-state index contributed by atoms with van der Waals surface area (Å²) in [5, 5.41) is 2.43. The third kappa shape index (κ3) is 5.52. The SMILES string of the molecule is c1ccc(-c2nc(-c3ccccc3)nc(-c3cccc(-c4nc(-c5ccccc5)nc(-c5cccc6c5sc5ccccc56)n4)c3)n2)cc1. The second-order valence-corrected chi connectivity index (χ2v) is 12.6. The molecule has 0 saturated carbocycles. The normalized spacial score (nSPS) is 11.3. The highest BCUT2D eigenvalue weighted by molar-refractivity contribution is 7.26. The van der Waals surface area contributed by atoms with Crippen molar-refractivity contribution in [3.63, 3.8) is 0 Å². The Morgan fingerprint density at radius 1 is 0.306 bits per heavy atom. The Morgan fingerprint density at radius 2 is 0.694 bits per heavy atom. The molecular weight excluding hydrogens is 621 g/mol. The lowest BCUT2D eigenvalue weighted by molar-refractivity contribution is 1.07. The lowest BCUT2D eigenvalue weighted by Gasteiger charge is -2.11. The number of hydrogen-bond donors (Lipinski definition) is 0. The van der Waals surface area contributed by atoms with Crippen molar-refractivity contribution >= 4 is 31.5 Å². The van der Waals surface area contributed by atoms with Crippen LogP contribution in [0.15, 0.2) is 158 Å². The molecule has 6 nitrogen and oxygen atoms in total. The molecule has 9 rings (SSSR count). The summed E-state index contributed by atoms with van der Waals surface area (Å²) in [6.45, 7) is 0. The monoisotopic (exact) mass is 646 g/mol. The van der Waals surface area contributed by atoms with Crippen molar-refractivity contribution in [1.29, 1.82) is 0 Å². The van der Waals surface area contributed by atoms with Gasteiger partial charge in [0.15, 0.2) is 34.9 Å². The van der Waals surface area contributed by atoms with Crippen molar-refractivity contribution in [2.75, 3.05) is 0 Å². The van der Waals surface area contributed by atoms with E-state index in [-0.39, 0.29) is 0 Å². The van der Waals surface area contributed by atoms with Gasteiger partial charge in [0.05, 0.1) is 0 Å². The molecule has 0 bridgehead atoms. The van der Waals surface area contributed by atoms with Gasteiger partial charge in [0.2, 0.25) is 0 Å². The van der Waals surface area contributed by atoms with Gasteiger partial charge in [0.25, 0.3) is 0 Å². The van der Waals surface area contributed by atoms with Crippen molar-refractivity contribution in [3.05, 3.63) is 158 Å². The molecule has 0 spiro atoms. The highest BCUT2D eigenvalue weighted by Gasteiger charge is 2.18. The number of nitrogens with zero attached hydrogens (tertiary/aromatic N) is 6. The zero-order valence-electron chi connectivity index (χ0n) is 26.1. The Bertz CT molecular complexity index is 2550. The first-order chi connectivity index (χ1) is 24.3. The Balaban J connectivity index is 1.21. The van der Waals surface area contributed by atoms with E-state index in [1.165, 1.54) is 15.5 Å². The van der Waals surface area contributed by atoms with Crippen LogP contribution >= 0.6 is 11.3 Å². The topological polar surface area (TPSA) is 77.3 Å². The standard InChI is InChI=1S/C42H26N6S/c1-4-14-27(15-5-1)37-43-38(28-16-6-2-7-17-28)45-40(44-37)30-20-12-21-31(26-30)41-46-39(29-18-8-3-9-19-29)47-42(48-41)34-24-13-23-33-32-22-10-11-25-35(32)49-36(33)34/h1-26H. The molecule has 0 aliphatic rings. The highest BCUT2D eigenvalue weighted by Crippen LogP contribution is 2.39. The fourth-order valence-corrected chi connectivity index (χ4v) is 7.21. The third-order valence-electron chi connectivity index (χ3n) is 8.39. The van der Waals surface area contributed by atoms with Gasteiger partial charge in [-0.1, -0.05) is 140 Å². The maximum absolute atomic E-state index is 5.12. The molecule has 230 valence electrons. The average Bonchev–Trinajstić information content (AvgIpc) is 3.58. The zero-order valence-corrected chi connectivity index (χ0v) is 26.9. The maximum atomic E-state index is 5.12. The number of hydrogen-bond acceptors (Lipinski definition) is 7. The van der Waals surface area contributed by atoms with E-state index < -0.39 is 0 Å². The molecule has 6 aromatic carbocycles. The summed E-state index contributed by atoms with van der Waals surface area (Å²) in [6, 6.07) is 53.0. The van der Waals surface area contributed by atoms with Crippen LogP contribution in [0.25, 0.3) is 88.5 Å². The second kappa shape index (κ2) is 12.3. The van der Waals surface area contributed by atoms with Crippen LogP contribution in [-0.4, -0.2) is 29.9 Å². The summed E-state index contributed by atoms with van der Waals surface area (Å²) >= 11 is 1.76. The van der Waals surface area contributed by atoms with Gasteiger partial charge >= 0.3 is 0 Å². The molecule has 0 aliphatic heterocycles. The predicted octanol–water partition coefficient (Wildman–Crippen LogP) is 10.4. The molecule has 0 amide bonds. The molecule has 7 heteroatoms. The first-order valence-corrected chi connectivity index (χ1v) is 16.8. The van der Waals surface area contributed by atoms with Crippen LogP contribution in [0.2, 0.25) is 0 Å². The van der Waals surface area contributed by atoms with E-state index in [9.17, 15) is 0 Å². The van der Waals surface area contributed by atoms with Gasteiger partial charge in [-0.3, -0.25) is 0 Å². The summed E-state index contributed by atoms with van der Waals surface area (Å²) in [5.74, 6) is 3.61. The molecule has 0 aliphatic carbocycles. The van der Waals surface area contributed by atoms with Crippen LogP contribution in [-0.2, 0) is 0 Å². The Morgan fingerprint density at radius 3 is 1.22 bits per heavy atom. The summed E-state index contributed by atoms with van der Waals surface area (Å²) in [7, 11) is 0. The molecule has 0 fully saturated rings. The van der Waals surface area contributed by atoms with E-state index in [2.05, 4.69) is 42.5 Å². The predicted molar refractivity (Wildman–Crippen MR) is 199 cm³/mol. The first kappa shape index (κ1) is 28.8. The molecule has 0 unspecified atom stereocenters. The smallest absolute Gasteiger partial charge is 0.165 e. The van der Waals surface area contributed by atoms with Crippen LogP contribution in [0.4, 0.5) is 0 Å². The minimum Gasteiger partial charge on any atom is -0.208 e. The number of fused-ring (bicyclic) bond motifs is 3. The zero-order chi connectivity index (χ0) is 32.6. The molecule has 0 N–H and O–H groups in total. The van der Waals surface area contributed by atoms with Gasteiger partial charge in [-0.2, -0.15) is 0 Å². The minimum absolute atomic E-state index is 0.571. The molecular formula is C42H26N6S. The van der Waals surface area contributed by atoms with Crippen LogP contribution in [0.3, 0.4) is 0 Å². The van der Waals surface area contributed by atoms with Gasteiger partial charge < -0.3 is 0 Å². The van der Waals surface area contributed by atoms with Crippen LogP contribution in [0.5, 0.6) is 0 Å². The van der Waals surface area contributed by atoms with Crippen molar-refractivity contribution in [1.82, 2.24) is 29.9 Å². The Kier molecular flexibility index (Phi) is 7.22.